The molecule has 0 saturated carbocycles. The first kappa shape index (κ1) is 40.0. The van der Waals surface area contributed by atoms with Gasteiger partial charge in [0.25, 0.3) is 11.8 Å². The molecule has 4 N–H and O–H groups in total. The van der Waals surface area contributed by atoms with E-state index in [0.717, 1.165) is 11.5 Å². The van der Waals surface area contributed by atoms with Crippen LogP contribution in [-0.2, 0) is 44.8 Å². The molecule has 1 unspecified atom stereocenters. The van der Waals surface area contributed by atoms with Gasteiger partial charge in [-0.1, -0.05) is 29.6 Å². The molecule has 4 heterocycles. The molecule has 2 aliphatic heterocycles. The lowest BCUT2D eigenvalue weighted by molar-refractivity contribution is -0.173. The maximum Gasteiger partial charge on any atom is 0.407 e. The number of thioether (sulfide) groups is 2. The number of aromatic nitrogens is 6. The van der Waals surface area contributed by atoms with Crippen molar-refractivity contribution in [3.05, 3.63) is 29.7 Å². The number of anilines is 1. The van der Waals surface area contributed by atoms with Crippen LogP contribution in [0.1, 0.15) is 47.4 Å². The van der Waals surface area contributed by atoms with Gasteiger partial charge >= 0.3 is 18.0 Å². The van der Waals surface area contributed by atoms with Crippen molar-refractivity contribution in [2.45, 2.75) is 70.3 Å². The van der Waals surface area contributed by atoms with Gasteiger partial charge in [0.05, 0.1) is 12.0 Å². The fourth-order valence-corrected chi connectivity index (χ4v) is 7.08. The summed E-state index contributed by atoms with van der Waals surface area (Å²) in [6, 6.07) is -1.07. The predicted molar refractivity (Wildman–Crippen MR) is 188 cm³/mol. The van der Waals surface area contributed by atoms with Crippen LogP contribution in [0.2, 0.25) is 0 Å². The maximum atomic E-state index is 13.6. The lowest BCUT2D eigenvalue weighted by Crippen LogP contribution is -2.71. The first-order valence-electron chi connectivity index (χ1n) is 15.6. The van der Waals surface area contributed by atoms with Crippen molar-refractivity contribution in [2.24, 2.45) is 10.6 Å². The molecule has 0 radical (unpaired) electrons. The number of fused-ring (bicyclic) bond motifs is 1. The van der Waals surface area contributed by atoms with Crippen LogP contribution in [-0.4, -0.2) is 118 Å². The fourth-order valence-electron chi connectivity index (χ4n) is 4.25. The second-order valence-corrected chi connectivity index (χ2v) is 15.8. The third-order valence-electron chi connectivity index (χ3n) is 6.60. The molecular formula is C29H39N11O9S3. The summed E-state index contributed by atoms with van der Waals surface area (Å²) >= 11 is 3.33. The van der Waals surface area contributed by atoms with Gasteiger partial charge in [0.1, 0.15) is 29.3 Å². The number of oxime groups is 1. The van der Waals surface area contributed by atoms with Crippen molar-refractivity contribution in [3.8, 4) is 0 Å². The number of rotatable bonds is 15. The topological polar surface area (TPSA) is 257 Å². The van der Waals surface area contributed by atoms with Gasteiger partial charge in [-0.3, -0.25) is 19.3 Å². The number of nitrogen functional groups attached to an aromatic ring is 1. The number of nitrogens with zero attached hydrogens (tertiary/aromatic N) is 8. The SMILES string of the molecule is C=CCON=C(C(=O)NC1C(=O)N2C(C(=O)OCOC(=O)C(C)(C)C)=C(CSc3nnnn3CCNC(=O)OC(C)(C)C)CS[C@@H]12)c1nsc(N)n1. The minimum Gasteiger partial charge on any atom is -0.444 e. The van der Waals surface area contributed by atoms with E-state index >= 15 is 0 Å². The average Bonchev–Trinajstić information content (AvgIpc) is 3.70. The average molecular weight is 782 g/mol. The molecule has 3 amide bonds. The van der Waals surface area contributed by atoms with Crippen molar-refractivity contribution >= 4 is 75.7 Å². The van der Waals surface area contributed by atoms with Crippen molar-refractivity contribution in [2.75, 3.05) is 37.2 Å². The number of nitrogens with two attached hydrogens (primary N) is 1. The van der Waals surface area contributed by atoms with Crippen molar-refractivity contribution in [3.63, 3.8) is 0 Å². The number of hydrogen-bond acceptors (Lipinski definition) is 19. The first-order valence-corrected chi connectivity index (χ1v) is 18.4. The van der Waals surface area contributed by atoms with E-state index in [-0.39, 0.29) is 53.6 Å². The van der Waals surface area contributed by atoms with Gasteiger partial charge in [-0.25, -0.2) is 14.3 Å². The lowest BCUT2D eigenvalue weighted by Gasteiger charge is -2.49. The zero-order valence-corrected chi connectivity index (χ0v) is 31.7. The van der Waals surface area contributed by atoms with Crippen molar-refractivity contribution in [1.29, 1.82) is 0 Å². The van der Waals surface area contributed by atoms with Crippen LogP contribution in [0.5, 0.6) is 0 Å². The second kappa shape index (κ2) is 17.2. The van der Waals surface area contributed by atoms with Crippen LogP contribution in [0.3, 0.4) is 0 Å². The van der Waals surface area contributed by atoms with Gasteiger partial charge in [-0.2, -0.15) is 9.36 Å². The largest absolute Gasteiger partial charge is 0.444 e. The van der Waals surface area contributed by atoms with Gasteiger partial charge in [0, 0.05) is 29.6 Å². The zero-order chi connectivity index (χ0) is 38.2. The van der Waals surface area contributed by atoms with Crippen LogP contribution in [0, 0.1) is 5.41 Å². The molecule has 4 rings (SSSR count). The summed E-state index contributed by atoms with van der Waals surface area (Å²) < 4.78 is 21.2. The third-order valence-corrected chi connectivity index (χ3v) is 9.53. The summed E-state index contributed by atoms with van der Waals surface area (Å²) in [5.41, 5.74) is 4.31. The smallest absolute Gasteiger partial charge is 0.407 e. The summed E-state index contributed by atoms with van der Waals surface area (Å²) in [7, 11) is 0. The van der Waals surface area contributed by atoms with E-state index in [4.69, 9.17) is 24.8 Å². The molecule has 2 aromatic rings. The highest BCUT2D eigenvalue weighted by atomic mass is 32.2. The number of alkyl carbamates (subject to hydrolysis) is 1. The maximum absolute atomic E-state index is 13.6. The van der Waals surface area contributed by atoms with Gasteiger partial charge in [-0.15, -0.1) is 16.9 Å². The number of esters is 2. The van der Waals surface area contributed by atoms with Gasteiger partial charge in [0.15, 0.2) is 5.13 Å². The molecule has 2 aromatic heterocycles. The molecule has 0 aromatic carbocycles. The molecule has 0 aliphatic carbocycles. The summed E-state index contributed by atoms with van der Waals surface area (Å²) in [5, 5.41) is 20.6. The Hall–Kier alpha value is -4.77. The summed E-state index contributed by atoms with van der Waals surface area (Å²) in [4.78, 5) is 75.1. The van der Waals surface area contributed by atoms with E-state index in [1.165, 1.54) is 39.2 Å². The van der Waals surface area contributed by atoms with E-state index in [1.807, 2.05) is 0 Å². The predicted octanol–water partition coefficient (Wildman–Crippen LogP) is 1.07. The quantitative estimate of drug-likeness (QED) is 0.0334. The Labute approximate surface area is 310 Å². The number of β-lactam (4-membered cyclic amide) rings is 1. The number of ether oxygens (including phenoxy) is 3. The third kappa shape index (κ3) is 10.4. The van der Waals surface area contributed by atoms with Crippen LogP contribution < -0.4 is 16.4 Å². The van der Waals surface area contributed by atoms with Crippen LogP contribution in [0.15, 0.2) is 34.2 Å². The number of tetrazole rings is 1. The fraction of sp³-hybridized carbons (Fsp3) is 0.552. The van der Waals surface area contributed by atoms with Gasteiger partial charge in [0.2, 0.25) is 23.5 Å². The molecule has 20 nitrogen and oxygen atoms in total. The molecular weight excluding hydrogens is 743 g/mol. The summed E-state index contributed by atoms with van der Waals surface area (Å²) in [6.07, 6.45) is 0.832. The number of nitrogens with one attached hydrogen (secondary N) is 2. The van der Waals surface area contributed by atoms with E-state index in [1.54, 1.807) is 41.5 Å². The molecule has 282 valence electrons. The second-order valence-electron chi connectivity index (χ2n) is 12.9. The highest BCUT2D eigenvalue weighted by molar-refractivity contribution is 8.01. The Morgan fingerprint density at radius 1 is 1.17 bits per heavy atom. The highest BCUT2D eigenvalue weighted by Gasteiger charge is 2.55. The molecule has 23 heteroatoms. The Balaban J connectivity index is 1.50. The van der Waals surface area contributed by atoms with Crippen LogP contribution >= 0.6 is 35.1 Å². The van der Waals surface area contributed by atoms with E-state index in [2.05, 4.69) is 47.3 Å². The van der Waals surface area contributed by atoms with Gasteiger partial charge < -0.3 is 35.4 Å². The molecule has 52 heavy (non-hydrogen) atoms. The normalized spacial score (nSPS) is 17.5. The summed E-state index contributed by atoms with van der Waals surface area (Å²) in [5.74, 6) is -2.62. The van der Waals surface area contributed by atoms with Crippen molar-refractivity contribution < 1.29 is 43.0 Å². The Morgan fingerprint density at radius 2 is 1.92 bits per heavy atom. The molecule has 1 fully saturated rings. The number of amides is 3. The van der Waals surface area contributed by atoms with E-state index < -0.39 is 59.1 Å². The molecule has 0 bridgehead atoms. The molecule has 1 saturated heterocycles. The number of carbonyl (C=O) groups excluding carboxylic acids is 5. The van der Waals surface area contributed by atoms with Gasteiger partial charge in [-0.05, 0) is 57.5 Å². The van der Waals surface area contributed by atoms with Crippen LogP contribution in [0.25, 0.3) is 0 Å². The molecule has 0 spiro atoms. The van der Waals surface area contributed by atoms with E-state index in [9.17, 15) is 24.0 Å². The molecule has 2 atom stereocenters. The molecule has 2 aliphatic rings. The first-order chi connectivity index (χ1) is 24.5. The number of hydrogen-bond donors (Lipinski definition) is 3. The number of carbonyl (C=O) groups is 5. The monoisotopic (exact) mass is 781 g/mol. The highest BCUT2D eigenvalue weighted by Crippen LogP contribution is 2.42. The lowest BCUT2D eigenvalue weighted by atomic mass is 9.98. The van der Waals surface area contributed by atoms with Crippen LogP contribution in [0.4, 0.5) is 9.93 Å². The Bertz CT molecular complexity index is 1750. The minimum absolute atomic E-state index is 0.0114. The Kier molecular flexibility index (Phi) is 13.2. The standard InChI is InChI=1S/C29H39N11O9S3/c1-8-11-48-35-16(19-33-25(30)52-36-19)20(41)32-17-21(42)40-18(23(43)46-14-47-24(44)28(2,3)4)15(12-50-22(17)40)13-51-26-34-37-38-39(26)10-9-31-27(45)49-29(5,6)7/h8,17,22H,1,9-14H2,2-7H3,(H,31,45)(H,32,41)(H2,30,33,36)/t17?,22-/m0/s1. The zero-order valence-electron chi connectivity index (χ0n) is 29.2. The van der Waals surface area contributed by atoms with E-state index in [0.29, 0.717) is 10.7 Å². The van der Waals surface area contributed by atoms with Crippen molar-refractivity contribution in [1.82, 2.24) is 45.1 Å². The minimum atomic E-state index is -1.07. The Morgan fingerprint density at radius 3 is 2.58 bits per heavy atom. The summed E-state index contributed by atoms with van der Waals surface area (Å²) in [6.45, 7) is 13.4.